The molecule has 1 aromatic heterocycles. The Kier molecular flexibility index (Phi) is 4.21. The van der Waals surface area contributed by atoms with Gasteiger partial charge in [0.1, 0.15) is 11.4 Å². The van der Waals surface area contributed by atoms with E-state index in [2.05, 4.69) is 15.4 Å². The number of fused-ring (bicyclic) bond motifs is 1. The molecule has 1 heterocycles. The van der Waals surface area contributed by atoms with Crippen LogP contribution in [-0.2, 0) is 0 Å². The van der Waals surface area contributed by atoms with Crippen molar-refractivity contribution in [2.75, 3.05) is 0 Å². The molecule has 0 aliphatic carbocycles. The van der Waals surface area contributed by atoms with Crippen LogP contribution in [-0.4, -0.2) is 30.9 Å². The first kappa shape index (κ1) is 17.6. The van der Waals surface area contributed by atoms with Gasteiger partial charge in [0.05, 0.1) is 16.8 Å². The number of aromatic amines is 1. The fourth-order valence-electron chi connectivity index (χ4n) is 3.11. The Labute approximate surface area is 162 Å². The number of benzene rings is 3. The number of aromatic carboxylic acids is 1. The average molecular weight is 392 g/mol. The van der Waals surface area contributed by atoms with Crippen LogP contribution in [0.4, 0.5) is 5.69 Å². The number of hydrogen-bond donors (Lipinski definition) is 3. The predicted octanol–water partition coefficient (Wildman–Crippen LogP) is 4.55. The molecule has 0 amide bonds. The van der Waals surface area contributed by atoms with E-state index < -0.39 is 11.5 Å². The summed E-state index contributed by atoms with van der Waals surface area (Å²) in [5.74, 6) is -1.51. The number of aromatic nitrogens is 3. The monoisotopic (exact) mass is 392 g/mol. The summed E-state index contributed by atoms with van der Waals surface area (Å²) in [6.07, 6.45) is 0. The van der Waals surface area contributed by atoms with E-state index in [9.17, 15) is 19.9 Å². The van der Waals surface area contributed by atoms with E-state index in [1.807, 2.05) is 42.5 Å². The first-order valence-corrected chi connectivity index (χ1v) is 8.51. The molecule has 0 saturated carbocycles. The molecule has 4 rings (SSSR count). The molecule has 0 aliphatic rings. The van der Waals surface area contributed by atoms with E-state index in [1.54, 1.807) is 4.57 Å². The Morgan fingerprint density at radius 3 is 2.64 bits per heavy atom. The Balaban J connectivity index is 2.02. The standard InChI is InChI=1S/C19H12N4O4S/c24-16-9-12(18(25)26)14(22-27)8-13(16)17-20-21-19(28)23(17)15-7-3-5-10-4-1-2-6-11(10)15/h1-9,24H,(H,21,28)(H,25,26). The molecule has 3 aromatic carbocycles. The summed E-state index contributed by atoms with van der Waals surface area (Å²) in [5, 5.41) is 31.1. The van der Waals surface area contributed by atoms with Crippen LogP contribution in [0.3, 0.4) is 0 Å². The van der Waals surface area contributed by atoms with Crippen molar-refractivity contribution < 1.29 is 15.0 Å². The highest BCUT2D eigenvalue weighted by molar-refractivity contribution is 7.71. The van der Waals surface area contributed by atoms with Crippen LogP contribution < -0.4 is 0 Å². The summed E-state index contributed by atoms with van der Waals surface area (Å²) in [4.78, 5) is 22.4. The Bertz CT molecular complexity index is 1300. The van der Waals surface area contributed by atoms with Crippen molar-refractivity contribution in [1.29, 1.82) is 0 Å². The summed E-state index contributed by atoms with van der Waals surface area (Å²) < 4.78 is 1.88. The van der Waals surface area contributed by atoms with Gasteiger partial charge in [0, 0.05) is 5.39 Å². The number of H-pyrrole nitrogens is 1. The van der Waals surface area contributed by atoms with Crippen LogP contribution in [0.15, 0.2) is 59.8 Å². The zero-order chi connectivity index (χ0) is 19.8. The van der Waals surface area contributed by atoms with Gasteiger partial charge in [-0.1, -0.05) is 36.4 Å². The zero-order valence-corrected chi connectivity index (χ0v) is 15.0. The lowest BCUT2D eigenvalue weighted by Gasteiger charge is -2.12. The van der Waals surface area contributed by atoms with Crippen LogP contribution in [0.5, 0.6) is 5.75 Å². The highest BCUT2D eigenvalue weighted by atomic mass is 32.1. The number of rotatable bonds is 4. The minimum atomic E-state index is -1.37. The van der Waals surface area contributed by atoms with E-state index in [0.717, 1.165) is 16.8 Å². The summed E-state index contributed by atoms with van der Waals surface area (Å²) in [7, 11) is 0. The maximum absolute atomic E-state index is 11.3. The van der Waals surface area contributed by atoms with Crippen molar-refractivity contribution >= 4 is 34.6 Å². The van der Waals surface area contributed by atoms with Gasteiger partial charge in [-0.25, -0.2) is 4.79 Å². The highest BCUT2D eigenvalue weighted by Crippen LogP contribution is 2.36. The molecule has 8 nitrogen and oxygen atoms in total. The molecule has 28 heavy (non-hydrogen) atoms. The number of phenols is 1. The largest absolute Gasteiger partial charge is 0.507 e. The molecular weight excluding hydrogens is 380 g/mol. The van der Waals surface area contributed by atoms with Crippen LogP contribution in [0.1, 0.15) is 10.4 Å². The van der Waals surface area contributed by atoms with Crippen molar-refractivity contribution in [3.05, 3.63) is 69.8 Å². The van der Waals surface area contributed by atoms with Crippen LogP contribution in [0.2, 0.25) is 0 Å². The van der Waals surface area contributed by atoms with E-state index in [4.69, 9.17) is 12.2 Å². The predicted molar refractivity (Wildman–Crippen MR) is 106 cm³/mol. The quantitative estimate of drug-likeness (QED) is 0.346. The third-order valence-corrected chi connectivity index (χ3v) is 4.64. The minimum Gasteiger partial charge on any atom is -0.507 e. The number of carboxylic acids is 1. The molecule has 0 atom stereocenters. The maximum Gasteiger partial charge on any atom is 0.338 e. The Morgan fingerprint density at radius 2 is 1.89 bits per heavy atom. The molecule has 0 spiro atoms. The van der Waals surface area contributed by atoms with Crippen molar-refractivity contribution in [2.45, 2.75) is 0 Å². The second-order valence-corrected chi connectivity index (χ2v) is 6.36. The number of nitrogens with zero attached hydrogens (tertiary/aromatic N) is 3. The van der Waals surface area contributed by atoms with Gasteiger partial charge in [0.25, 0.3) is 0 Å². The third-order valence-electron chi connectivity index (χ3n) is 4.36. The summed E-state index contributed by atoms with van der Waals surface area (Å²) in [6.45, 7) is 0. The molecule has 9 heteroatoms. The van der Waals surface area contributed by atoms with Gasteiger partial charge in [-0.05, 0) is 41.0 Å². The minimum absolute atomic E-state index is 0.125. The van der Waals surface area contributed by atoms with Crippen LogP contribution in [0.25, 0.3) is 27.8 Å². The van der Waals surface area contributed by atoms with E-state index in [-0.39, 0.29) is 27.6 Å². The average Bonchev–Trinajstić information content (AvgIpc) is 3.08. The van der Waals surface area contributed by atoms with Crippen LogP contribution in [0, 0.1) is 9.68 Å². The second-order valence-electron chi connectivity index (χ2n) is 5.97. The summed E-state index contributed by atoms with van der Waals surface area (Å²) in [6, 6.07) is 15.5. The molecular formula is C19H12N4O4S. The van der Waals surface area contributed by atoms with E-state index in [0.29, 0.717) is 5.69 Å². The van der Waals surface area contributed by atoms with Gasteiger partial charge in [0.2, 0.25) is 0 Å². The van der Waals surface area contributed by atoms with E-state index in [1.165, 1.54) is 6.07 Å². The fraction of sp³-hybridized carbons (Fsp3) is 0. The smallest absolute Gasteiger partial charge is 0.338 e. The molecule has 0 unspecified atom stereocenters. The Morgan fingerprint density at radius 1 is 1.14 bits per heavy atom. The summed E-state index contributed by atoms with van der Waals surface area (Å²) >= 11 is 5.37. The normalized spacial score (nSPS) is 10.9. The van der Waals surface area contributed by atoms with Crippen molar-refractivity contribution in [3.8, 4) is 22.8 Å². The van der Waals surface area contributed by atoms with Crippen molar-refractivity contribution in [1.82, 2.24) is 14.8 Å². The number of nitrogens with one attached hydrogen (secondary N) is 1. The lowest BCUT2D eigenvalue weighted by molar-refractivity contribution is 0.0697. The van der Waals surface area contributed by atoms with Crippen molar-refractivity contribution in [2.24, 2.45) is 5.18 Å². The highest BCUT2D eigenvalue weighted by Gasteiger charge is 2.21. The van der Waals surface area contributed by atoms with Crippen LogP contribution >= 0.6 is 12.2 Å². The maximum atomic E-state index is 11.3. The van der Waals surface area contributed by atoms with Gasteiger partial charge >= 0.3 is 5.97 Å². The molecule has 3 N–H and O–H groups in total. The number of carbonyl (C=O) groups is 1. The second kappa shape index (κ2) is 6.71. The van der Waals surface area contributed by atoms with Gasteiger partial charge in [-0.3, -0.25) is 9.67 Å². The van der Waals surface area contributed by atoms with Gasteiger partial charge in [-0.2, -0.15) is 5.10 Å². The lowest BCUT2D eigenvalue weighted by atomic mass is 10.1. The molecule has 0 radical (unpaired) electrons. The van der Waals surface area contributed by atoms with Gasteiger partial charge in [-0.15, -0.1) is 4.91 Å². The first-order valence-electron chi connectivity index (χ1n) is 8.11. The number of carboxylic acid groups (broad SMARTS) is 1. The lowest BCUT2D eigenvalue weighted by Crippen LogP contribution is -2.01. The number of phenolic OH excluding ortho intramolecular Hbond substituents is 1. The molecule has 0 fully saturated rings. The third kappa shape index (κ3) is 2.74. The topological polar surface area (TPSA) is 121 Å². The zero-order valence-electron chi connectivity index (χ0n) is 14.2. The fourth-order valence-corrected chi connectivity index (χ4v) is 3.34. The van der Waals surface area contributed by atoms with Gasteiger partial charge in [0.15, 0.2) is 10.6 Å². The molecule has 138 valence electrons. The first-order chi connectivity index (χ1) is 13.5. The number of aromatic hydroxyl groups is 1. The Hall–Kier alpha value is -3.85. The molecule has 0 saturated heterocycles. The molecule has 0 bridgehead atoms. The number of nitroso groups, excluding NO2 is 1. The summed E-state index contributed by atoms with van der Waals surface area (Å²) in [5.41, 5.74) is 0.120. The van der Waals surface area contributed by atoms with Crippen molar-refractivity contribution in [3.63, 3.8) is 0 Å². The molecule has 0 aliphatic heterocycles. The van der Waals surface area contributed by atoms with E-state index >= 15 is 0 Å². The SMILES string of the molecule is O=Nc1cc(-c2n[nH]c(=S)n2-c2cccc3ccccc23)c(O)cc1C(=O)O. The molecule has 4 aromatic rings. The van der Waals surface area contributed by atoms with Gasteiger partial charge < -0.3 is 10.2 Å². The number of hydrogen-bond acceptors (Lipinski definition) is 6.